The number of likely N-dealkylation sites (tertiary alicyclic amines) is 1. The Hall–Kier alpha value is -2.21. The molecule has 0 spiro atoms. The second-order valence-electron chi connectivity index (χ2n) is 5.43. The van der Waals surface area contributed by atoms with Crippen LogP contribution >= 0.6 is 0 Å². The van der Waals surface area contributed by atoms with Crippen LogP contribution in [0.15, 0.2) is 30.3 Å². The van der Waals surface area contributed by atoms with E-state index in [0.29, 0.717) is 13.0 Å². The molecular formula is C16H21N3O3. The molecule has 1 fully saturated rings. The van der Waals surface area contributed by atoms with E-state index in [1.165, 1.54) is 4.90 Å². The van der Waals surface area contributed by atoms with Gasteiger partial charge >= 0.3 is 0 Å². The molecule has 0 aromatic heterocycles. The zero-order chi connectivity index (χ0) is 16.1. The van der Waals surface area contributed by atoms with Crippen LogP contribution in [0.3, 0.4) is 0 Å². The first-order valence-electron chi connectivity index (χ1n) is 7.32. The van der Waals surface area contributed by atoms with E-state index in [1.807, 2.05) is 30.3 Å². The minimum Gasteiger partial charge on any atom is -0.358 e. The number of rotatable bonds is 6. The van der Waals surface area contributed by atoms with Crippen LogP contribution in [0.4, 0.5) is 0 Å². The first-order valence-corrected chi connectivity index (χ1v) is 7.32. The maximum Gasteiger partial charge on any atom is 0.247 e. The van der Waals surface area contributed by atoms with Crippen molar-refractivity contribution in [3.63, 3.8) is 0 Å². The van der Waals surface area contributed by atoms with Gasteiger partial charge in [0.25, 0.3) is 0 Å². The Labute approximate surface area is 130 Å². The molecule has 0 saturated carbocycles. The van der Waals surface area contributed by atoms with Crippen LogP contribution in [0.1, 0.15) is 12.0 Å². The molecule has 3 amide bonds. The quantitative estimate of drug-likeness (QED) is 0.753. The number of hydrogen-bond acceptors (Lipinski definition) is 4. The van der Waals surface area contributed by atoms with Gasteiger partial charge in [0.1, 0.15) is 0 Å². The van der Waals surface area contributed by atoms with Gasteiger partial charge in [0.2, 0.25) is 17.7 Å². The number of nitrogens with one attached hydrogen (secondary N) is 1. The van der Waals surface area contributed by atoms with Crippen LogP contribution in [0, 0.1) is 0 Å². The molecule has 1 aromatic rings. The fraction of sp³-hybridized carbons (Fsp3) is 0.438. The van der Waals surface area contributed by atoms with Crippen LogP contribution in [-0.4, -0.2) is 60.7 Å². The van der Waals surface area contributed by atoms with E-state index in [2.05, 4.69) is 5.32 Å². The average Bonchev–Trinajstić information content (AvgIpc) is 2.81. The highest BCUT2D eigenvalue weighted by Crippen LogP contribution is 2.18. The Kier molecular flexibility index (Phi) is 5.27. The predicted octanol–water partition coefficient (Wildman–Crippen LogP) is 0.0344. The van der Waals surface area contributed by atoms with Gasteiger partial charge in [-0.15, -0.1) is 0 Å². The van der Waals surface area contributed by atoms with Gasteiger partial charge in [-0.05, 0) is 19.0 Å². The first kappa shape index (κ1) is 16.2. The van der Waals surface area contributed by atoms with E-state index in [9.17, 15) is 14.4 Å². The van der Waals surface area contributed by atoms with Gasteiger partial charge in [-0.1, -0.05) is 30.3 Å². The molecule has 1 N–H and O–H groups in total. The van der Waals surface area contributed by atoms with Crippen molar-refractivity contribution in [3.05, 3.63) is 35.9 Å². The zero-order valence-electron chi connectivity index (χ0n) is 12.9. The highest BCUT2D eigenvalue weighted by atomic mass is 16.2. The lowest BCUT2D eigenvalue weighted by molar-refractivity contribution is -0.139. The maximum atomic E-state index is 12.4. The molecule has 0 radical (unpaired) electrons. The number of likely N-dealkylation sites (N-methyl/N-ethyl adjacent to an activating group) is 2. The summed E-state index contributed by atoms with van der Waals surface area (Å²) in [5.41, 5.74) is 1.09. The predicted molar refractivity (Wildman–Crippen MR) is 82.0 cm³/mol. The SMILES string of the molecule is CNC(=O)CN(C)C1CC(=O)N(CCc2ccccc2)C1=O. The molecule has 0 aliphatic carbocycles. The first-order chi connectivity index (χ1) is 10.5. The summed E-state index contributed by atoms with van der Waals surface area (Å²) in [6.45, 7) is 0.485. The Balaban J connectivity index is 1.95. The minimum atomic E-state index is -0.541. The number of imide groups is 1. The van der Waals surface area contributed by atoms with Gasteiger partial charge < -0.3 is 5.32 Å². The van der Waals surface area contributed by atoms with E-state index < -0.39 is 6.04 Å². The van der Waals surface area contributed by atoms with Crippen LogP contribution < -0.4 is 5.32 Å². The number of carbonyl (C=O) groups is 3. The summed E-state index contributed by atoms with van der Waals surface area (Å²) in [5, 5.41) is 2.51. The summed E-state index contributed by atoms with van der Waals surface area (Å²) >= 11 is 0. The number of benzene rings is 1. The molecule has 1 saturated heterocycles. The van der Waals surface area contributed by atoms with Crippen molar-refractivity contribution in [2.24, 2.45) is 0 Å². The second-order valence-corrected chi connectivity index (χ2v) is 5.43. The largest absolute Gasteiger partial charge is 0.358 e. The lowest BCUT2D eigenvalue weighted by Crippen LogP contribution is -2.44. The van der Waals surface area contributed by atoms with E-state index in [1.54, 1.807) is 19.0 Å². The average molecular weight is 303 g/mol. The van der Waals surface area contributed by atoms with Crippen LogP contribution in [-0.2, 0) is 20.8 Å². The Morgan fingerprint density at radius 3 is 2.64 bits per heavy atom. The van der Waals surface area contributed by atoms with Gasteiger partial charge in [0.15, 0.2) is 0 Å². The lowest BCUT2D eigenvalue weighted by atomic mass is 10.1. The lowest BCUT2D eigenvalue weighted by Gasteiger charge is -2.22. The molecule has 6 nitrogen and oxygen atoms in total. The van der Waals surface area contributed by atoms with Gasteiger partial charge in [-0.25, -0.2) is 0 Å². The third-order valence-electron chi connectivity index (χ3n) is 3.89. The number of hydrogen-bond donors (Lipinski definition) is 1. The van der Waals surface area contributed by atoms with Gasteiger partial charge in [0.05, 0.1) is 19.0 Å². The Morgan fingerprint density at radius 2 is 2.00 bits per heavy atom. The van der Waals surface area contributed by atoms with Gasteiger partial charge in [-0.3, -0.25) is 24.2 Å². The molecule has 1 aromatic carbocycles. The molecule has 1 heterocycles. The maximum absolute atomic E-state index is 12.4. The smallest absolute Gasteiger partial charge is 0.247 e. The summed E-state index contributed by atoms with van der Waals surface area (Å²) in [4.78, 5) is 38.8. The third kappa shape index (κ3) is 3.71. The normalized spacial score (nSPS) is 18.1. The standard InChI is InChI=1S/C16H21N3O3/c1-17-14(20)11-18(2)13-10-15(21)19(16(13)22)9-8-12-6-4-3-5-7-12/h3-7,13H,8-11H2,1-2H3,(H,17,20). The molecule has 22 heavy (non-hydrogen) atoms. The zero-order valence-corrected chi connectivity index (χ0v) is 12.9. The van der Waals surface area contributed by atoms with Crippen LogP contribution in [0.2, 0.25) is 0 Å². The van der Waals surface area contributed by atoms with Crippen molar-refractivity contribution in [2.75, 3.05) is 27.2 Å². The molecule has 0 bridgehead atoms. The highest BCUT2D eigenvalue weighted by Gasteiger charge is 2.40. The molecule has 1 atom stereocenters. The Bertz CT molecular complexity index is 559. The van der Waals surface area contributed by atoms with Crippen molar-refractivity contribution < 1.29 is 14.4 Å². The fourth-order valence-corrected chi connectivity index (χ4v) is 2.55. The summed E-state index contributed by atoms with van der Waals surface area (Å²) in [5.74, 6) is -0.562. The summed E-state index contributed by atoms with van der Waals surface area (Å²) in [6, 6.07) is 9.20. The number of nitrogens with zero attached hydrogens (tertiary/aromatic N) is 2. The van der Waals surface area contributed by atoms with Crippen LogP contribution in [0.25, 0.3) is 0 Å². The molecular weight excluding hydrogens is 282 g/mol. The molecule has 118 valence electrons. The van der Waals surface area contributed by atoms with Crippen LogP contribution in [0.5, 0.6) is 0 Å². The summed E-state index contributed by atoms with van der Waals surface area (Å²) < 4.78 is 0. The second kappa shape index (κ2) is 7.17. The minimum absolute atomic E-state index is 0.104. The molecule has 6 heteroatoms. The summed E-state index contributed by atoms with van der Waals surface area (Å²) in [7, 11) is 3.23. The number of carbonyl (C=O) groups excluding carboxylic acids is 3. The molecule has 1 aliphatic rings. The van der Waals surface area contributed by atoms with Crippen molar-refractivity contribution >= 4 is 17.7 Å². The number of amides is 3. The fourth-order valence-electron chi connectivity index (χ4n) is 2.55. The topological polar surface area (TPSA) is 69.7 Å². The molecule has 2 rings (SSSR count). The van der Waals surface area contributed by atoms with E-state index >= 15 is 0 Å². The van der Waals surface area contributed by atoms with Crippen molar-refractivity contribution in [2.45, 2.75) is 18.9 Å². The van der Waals surface area contributed by atoms with E-state index in [4.69, 9.17) is 0 Å². The molecule has 1 unspecified atom stereocenters. The Morgan fingerprint density at radius 1 is 1.32 bits per heavy atom. The van der Waals surface area contributed by atoms with Gasteiger partial charge in [-0.2, -0.15) is 0 Å². The monoisotopic (exact) mass is 303 g/mol. The van der Waals surface area contributed by atoms with Gasteiger partial charge in [0, 0.05) is 13.6 Å². The third-order valence-corrected chi connectivity index (χ3v) is 3.89. The van der Waals surface area contributed by atoms with E-state index in [0.717, 1.165) is 5.56 Å². The molecule has 1 aliphatic heterocycles. The van der Waals surface area contributed by atoms with Crippen molar-refractivity contribution in [1.29, 1.82) is 0 Å². The highest BCUT2D eigenvalue weighted by molar-refractivity contribution is 6.05. The van der Waals surface area contributed by atoms with Crippen molar-refractivity contribution in [3.8, 4) is 0 Å². The summed E-state index contributed by atoms with van der Waals surface area (Å²) in [6.07, 6.45) is 0.783. The van der Waals surface area contributed by atoms with Crippen molar-refractivity contribution in [1.82, 2.24) is 15.1 Å². The van der Waals surface area contributed by atoms with E-state index in [-0.39, 0.29) is 30.7 Å².